The summed E-state index contributed by atoms with van der Waals surface area (Å²) in [4.78, 5) is 95.6. The van der Waals surface area contributed by atoms with E-state index in [1.54, 1.807) is 0 Å². The van der Waals surface area contributed by atoms with E-state index in [0.29, 0.717) is 25.0 Å². The number of thioether (sulfide) groups is 1. The van der Waals surface area contributed by atoms with Crippen LogP contribution < -0.4 is 35.9 Å². The molecule has 1 saturated heterocycles. The van der Waals surface area contributed by atoms with Crippen LogP contribution in [0.15, 0.2) is 12.7 Å². The molecule has 0 radical (unpaired) electrons. The predicted octanol–water partition coefficient (Wildman–Crippen LogP) is -3.06. The summed E-state index contributed by atoms with van der Waals surface area (Å²) >= 11 is 1.04. The number of rotatable bonds is 22. The van der Waals surface area contributed by atoms with Crippen LogP contribution >= 0.6 is 35.2 Å². The summed E-state index contributed by atoms with van der Waals surface area (Å²) < 4.78 is 60.4. The Labute approximate surface area is 317 Å². The van der Waals surface area contributed by atoms with E-state index in [1.165, 1.54) is 13.8 Å². The lowest BCUT2D eigenvalue weighted by Crippen LogP contribution is -2.46. The fraction of sp³-hybridized carbons (Fsp3) is 0.630. The number of aromatic nitrogens is 4. The quantitative estimate of drug-likeness (QED) is 0.0446. The Morgan fingerprint density at radius 2 is 1.80 bits per heavy atom. The fourth-order valence-electron chi connectivity index (χ4n) is 4.68. The second-order valence-electron chi connectivity index (χ2n) is 12.3. The highest BCUT2D eigenvalue weighted by atomic mass is 32.2. The summed E-state index contributed by atoms with van der Waals surface area (Å²) in [6, 6.07) is 0. The van der Waals surface area contributed by atoms with Gasteiger partial charge in [-0.05, 0) is 6.42 Å². The van der Waals surface area contributed by atoms with Crippen LogP contribution in [0.2, 0.25) is 0 Å². The van der Waals surface area contributed by atoms with E-state index in [9.17, 15) is 57.9 Å². The number of amides is 2. The molecule has 2 aromatic heterocycles. The number of nitrogens with two attached hydrogens (primary N) is 1. The third-order valence-corrected chi connectivity index (χ3v) is 11.4. The van der Waals surface area contributed by atoms with Gasteiger partial charge in [-0.1, -0.05) is 25.6 Å². The molecular formula is C27H38N7O17P3S-4. The number of hydrogen-bond donors (Lipinski definition) is 5. The minimum atomic E-state index is -5.91. The first-order valence-electron chi connectivity index (χ1n) is 16.0. The van der Waals surface area contributed by atoms with Crippen LogP contribution in [0.4, 0.5) is 5.82 Å². The second-order valence-corrected chi connectivity index (χ2v) is 17.5. The highest BCUT2D eigenvalue weighted by Gasteiger charge is 2.47. The normalized spacial score (nSPS) is 21.7. The van der Waals surface area contributed by atoms with Gasteiger partial charge in [0.05, 0.1) is 27.4 Å². The Hall–Kier alpha value is -2.88. The van der Waals surface area contributed by atoms with E-state index in [-0.39, 0.29) is 41.6 Å². The summed E-state index contributed by atoms with van der Waals surface area (Å²) in [6.45, 7) is 0.0604. The van der Waals surface area contributed by atoms with Gasteiger partial charge in [-0.3, -0.25) is 28.1 Å². The number of nitrogen functional groups attached to an aromatic ring is 1. The van der Waals surface area contributed by atoms with Gasteiger partial charge >= 0.3 is 0 Å². The molecular weight excluding hydrogens is 819 g/mol. The van der Waals surface area contributed by atoms with E-state index >= 15 is 0 Å². The van der Waals surface area contributed by atoms with Gasteiger partial charge in [-0.25, -0.2) is 19.3 Å². The molecule has 0 aliphatic carbocycles. The number of nitrogens with zero attached hydrogens (tertiary/aromatic N) is 4. The van der Waals surface area contributed by atoms with Crippen LogP contribution in [-0.4, -0.2) is 103 Å². The number of imidazole rings is 1. The van der Waals surface area contributed by atoms with Crippen molar-refractivity contribution in [3.8, 4) is 12.3 Å². The minimum absolute atomic E-state index is 0.0234. The Morgan fingerprint density at radius 1 is 1.11 bits per heavy atom. The molecule has 0 saturated carbocycles. The molecule has 6 N–H and O–H groups in total. The fourth-order valence-corrected chi connectivity index (χ4v) is 8.14. The van der Waals surface area contributed by atoms with Crippen molar-refractivity contribution in [1.82, 2.24) is 30.2 Å². The van der Waals surface area contributed by atoms with Crippen molar-refractivity contribution in [2.24, 2.45) is 5.41 Å². The van der Waals surface area contributed by atoms with Gasteiger partial charge in [0.25, 0.3) is 15.6 Å². The van der Waals surface area contributed by atoms with E-state index in [1.807, 2.05) is 0 Å². The van der Waals surface area contributed by atoms with Crippen LogP contribution in [0.5, 0.6) is 0 Å². The average Bonchev–Trinajstić information content (AvgIpc) is 3.64. The monoisotopic (exact) mass is 857 g/mol. The zero-order chi connectivity index (χ0) is 41.2. The topological polar surface area (TPSA) is 375 Å². The van der Waals surface area contributed by atoms with Crippen molar-refractivity contribution < 1.29 is 80.5 Å². The van der Waals surface area contributed by atoms with Crippen molar-refractivity contribution >= 4 is 69.1 Å². The molecule has 0 aromatic carbocycles. The number of aliphatic hydroxyl groups excluding tert-OH is 2. The lowest BCUT2D eigenvalue weighted by atomic mass is 9.87. The van der Waals surface area contributed by atoms with Crippen molar-refractivity contribution in [2.75, 3.05) is 37.8 Å². The highest BCUT2D eigenvalue weighted by molar-refractivity contribution is 8.13. The summed E-state index contributed by atoms with van der Waals surface area (Å²) in [5.74, 6) is 1.19. The van der Waals surface area contributed by atoms with Gasteiger partial charge in [0, 0.05) is 43.5 Å². The molecule has 0 spiro atoms. The molecule has 24 nitrogen and oxygen atoms in total. The van der Waals surface area contributed by atoms with Crippen LogP contribution in [-0.2, 0) is 50.7 Å². The number of unbranched alkanes of at least 4 members (excludes halogenated alkanes) is 1. The Morgan fingerprint density at radius 3 is 2.47 bits per heavy atom. The molecule has 0 bridgehead atoms. The van der Waals surface area contributed by atoms with E-state index in [4.69, 9.17) is 16.9 Å². The van der Waals surface area contributed by atoms with Gasteiger partial charge < -0.3 is 69.0 Å². The maximum Gasteiger partial charge on any atom is 0.274 e. The number of carbonyl (C=O) groups is 3. The molecule has 308 valence electrons. The third-order valence-electron chi connectivity index (χ3n) is 7.44. The van der Waals surface area contributed by atoms with Crippen LogP contribution in [0.3, 0.4) is 0 Å². The third kappa shape index (κ3) is 14.5. The smallest absolute Gasteiger partial charge is 0.274 e. The lowest BCUT2D eigenvalue weighted by Gasteiger charge is -2.36. The number of fused-ring (bicyclic) bond motifs is 1. The number of aliphatic hydroxyl groups is 2. The second kappa shape index (κ2) is 20.0. The SMILES string of the molecule is C#CCCCC(=O)SCCNC(=O)CCNC(=O)C(O)C(C)(C)COP(=O)([O-])OP(=O)([O-])OCC1OC(n2cnc3c(N)ncnc32)C(O)C1OP(=O)([O-])[O-]. The summed E-state index contributed by atoms with van der Waals surface area (Å²) in [5, 5.41) is 26.1. The molecule has 1 fully saturated rings. The Kier molecular flexibility index (Phi) is 16.9. The number of ether oxygens (including phenoxy) is 1. The summed E-state index contributed by atoms with van der Waals surface area (Å²) in [7, 11) is -17.6. The van der Waals surface area contributed by atoms with E-state index in [0.717, 1.165) is 29.0 Å². The summed E-state index contributed by atoms with van der Waals surface area (Å²) in [6.07, 6.45) is -1.11. The maximum atomic E-state index is 12.5. The largest absolute Gasteiger partial charge is 0.790 e. The van der Waals surface area contributed by atoms with E-state index in [2.05, 4.69) is 49.4 Å². The number of nitrogens with one attached hydrogen (secondary N) is 2. The van der Waals surface area contributed by atoms with Crippen molar-refractivity contribution in [3.63, 3.8) is 0 Å². The van der Waals surface area contributed by atoms with Crippen LogP contribution in [0.25, 0.3) is 11.2 Å². The molecule has 28 heteroatoms. The molecule has 7 unspecified atom stereocenters. The minimum Gasteiger partial charge on any atom is -0.790 e. The van der Waals surface area contributed by atoms with Gasteiger partial charge in [0.15, 0.2) is 22.8 Å². The average molecular weight is 858 g/mol. The first kappa shape index (κ1) is 46.5. The lowest BCUT2D eigenvalue weighted by molar-refractivity contribution is -0.347. The van der Waals surface area contributed by atoms with E-state index < -0.39 is 84.6 Å². The molecule has 7 atom stereocenters. The van der Waals surface area contributed by atoms with Crippen molar-refractivity contribution in [2.45, 2.75) is 70.2 Å². The molecule has 3 heterocycles. The van der Waals surface area contributed by atoms with Crippen molar-refractivity contribution in [1.29, 1.82) is 0 Å². The zero-order valence-corrected chi connectivity index (χ0v) is 32.6. The van der Waals surface area contributed by atoms with Crippen LogP contribution in [0, 0.1) is 17.8 Å². The number of phosphoric acid groups is 3. The molecule has 1 aliphatic rings. The van der Waals surface area contributed by atoms with Gasteiger partial charge in [-0.15, -0.1) is 12.3 Å². The van der Waals surface area contributed by atoms with Gasteiger partial charge in [0.1, 0.15) is 36.3 Å². The molecule has 3 rings (SSSR count). The Bertz CT molecular complexity index is 1860. The standard InChI is InChI=1S/C27H42N7O17P3S/c1-4-5-6-7-18(36)55-11-10-29-17(35)8-9-30-25(39)22(38)27(2,3)13-48-54(45,46)51-53(43,44)47-12-16-21(50-52(40,41)42)20(37)26(49-16)34-15-33-19-23(28)31-14-32-24(19)34/h1,14-16,20-22,26,37-38H,5-13H2,2-3H3,(H,29,35)(H,30,39)(H,43,44)(H,45,46)(H2,28,31,32)(H2,40,41,42)/p-4. The first-order chi connectivity index (χ1) is 25.6. The zero-order valence-electron chi connectivity index (χ0n) is 29.1. The van der Waals surface area contributed by atoms with Gasteiger partial charge in [0.2, 0.25) is 11.8 Å². The first-order valence-corrected chi connectivity index (χ1v) is 21.3. The Balaban J connectivity index is 1.49. The maximum absolute atomic E-state index is 12.5. The number of terminal acetylenes is 1. The number of carbonyl (C=O) groups excluding carboxylic acids is 3. The predicted molar refractivity (Wildman–Crippen MR) is 181 cm³/mol. The van der Waals surface area contributed by atoms with Gasteiger partial charge in [-0.2, -0.15) is 0 Å². The summed E-state index contributed by atoms with van der Waals surface area (Å²) in [5.41, 5.74) is 4.06. The number of anilines is 1. The molecule has 55 heavy (non-hydrogen) atoms. The highest BCUT2D eigenvalue weighted by Crippen LogP contribution is 2.56. The number of hydrogen-bond acceptors (Lipinski definition) is 22. The molecule has 2 aromatic rings. The van der Waals surface area contributed by atoms with Crippen molar-refractivity contribution in [3.05, 3.63) is 12.7 Å². The molecule has 2 amide bonds. The number of phosphoric ester groups is 3. The molecule has 1 aliphatic heterocycles. The van der Waals surface area contributed by atoms with Crippen LogP contribution in [0.1, 0.15) is 45.8 Å².